The average molecular weight is 269 g/mol. The lowest BCUT2D eigenvalue weighted by molar-refractivity contribution is -0.137. The summed E-state index contributed by atoms with van der Waals surface area (Å²) in [6.07, 6.45) is -0.974. The summed E-state index contributed by atoms with van der Waals surface area (Å²) in [4.78, 5) is 12.0. The molecule has 1 heterocycles. The summed E-state index contributed by atoms with van der Waals surface area (Å²) in [6, 6.07) is 16.0. The molecule has 102 valence electrons. The van der Waals surface area contributed by atoms with Crippen molar-refractivity contribution in [2.75, 3.05) is 5.32 Å². The maximum Gasteiger partial charge on any atom is 0.261 e. The SMILES string of the molecule is O=C1Nc2ccccc2[C@@]1(O)CC(O)c1ccccc1. The highest BCUT2D eigenvalue weighted by Gasteiger charge is 2.46. The fraction of sp³-hybridized carbons (Fsp3) is 0.188. The lowest BCUT2D eigenvalue weighted by Crippen LogP contribution is -2.35. The number of aliphatic hydroxyl groups excluding tert-OH is 1. The molecule has 4 nitrogen and oxygen atoms in total. The summed E-state index contributed by atoms with van der Waals surface area (Å²) >= 11 is 0. The molecule has 2 aromatic carbocycles. The number of benzene rings is 2. The van der Waals surface area contributed by atoms with Crippen LogP contribution >= 0.6 is 0 Å². The lowest BCUT2D eigenvalue weighted by Gasteiger charge is -2.24. The number of nitrogens with one attached hydrogen (secondary N) is 1. The third-order valence-corrected chi connectivity index (χ3v) is 3.67. The van der Waals surface area contributed by atoms with E-state index >= 15 is 0 Å². The fourth-order valence-electron chi connectivity index (χ4n) is 2.58. The van der Waals surface area contributed by atoms with Gasteiger partial charge in [0.1, 0.15) is 0 Å². The number of carbonyl (C=O) groups excluding carboxylic acids is 1. The van der Waals surface area contributed by atoms with E-state index in [1.807, 2.05) is 18.2 Å². The molecule has 1 unspecified atom stereocenters. The molecule has 0 spiro atoms. The summed E-state index contributed by atoms with van der Waals surface area (Å²) < 4.78 is 0. The second-order valence-electron chi connectivity index (χ2n) is 4.99. The Balaban J connectivity index is 1.92. The van der Waals surface area contributed by atoms with Crippen LogP contribution in [0.15, 0.2) is 54.6 Å². The maximum absolute atomic E-state index is 12.0. The van der Waals surface area contributed by atoms with Gasteiger partial charge < -0.3 is 15.5 Å². The second kappa shape index (κ2) is 4.74. The average Bonchev–Trinajstić information content (AvgIpc) is 2.72. The van der Waals surface area contributed by atoms with Gasteiger partial charge in [0, 0.05) is 17.7 Å². The van der Waals surface area contributed by atoms with E-state index in [1.165, 1.54) is 0 Å². The number of hydrogen-bond donors (Lipinski definition) is 3. The van der Waals surface area contributed by atoms with Crippen LogP contribution < -0.4 is 5.32 Å². The highest BCUT2D eigenvalue weighted by molar-refractivity contribution is 6.04. The summed E-state index contributed by atoms with van der Waals surface area (Å²) in [5.74, 6) is -0.492. The van der Waals surface area contributed by atoms with Gasteiger partial charge in [0.05, 0.1) is 6.10 Å². The quantitative estimate of drug-likeness (QED) is 0.797. The van der Waals surface area contributed by atoms with Crippen molar-refractivity contribution in [1.29, 1.82) is 0 Å². The van der Waals surface area contributed by atoms with Crippen molar-refractivity contribution < 1.29 is 15.0 Å². The molecule has 0 radical (unpaired) electrons. The van der Waals surface area contributed by atoms with E-state index in [-0.39, 0.29) is 6.42 Å². The minimum Gasteiger partial charge on any atom is -0.388 e. The largest absolute Gasteiger partial charge is 0.388 e. The van der Waals surface area contributed by atoms with Crippen molar-refractivity contribution in [2.45, 2.75) is 18.1 Å². The van der Waals surface area contributed by atoms with Gasteiger partial charge in [0.15, 0.2) is 5.60 Å². The first kappa shape index (κ1) is 12.8. The molecule has 0 bridgehead atoms. The second-order valence-corrected chi connectivity index (χ2v) is 4.99. The van der Waals surface area contributed by atoms with E-state index in [4.69, 9.17) is 0 Å². The Hall–Kier alpha value is -2.17. The number of anilines is 1. The first-order valence-corrected chi connectivity index (χ1v) is 6.47. The number of amides is 1. The molecule has 2 aromatic rings. The molecule has 1 amide bonds. The standard InChI is InChI=1S/C16H15NO3/c18-14(11-6-2-1-3-7-11)10-16(20)12-8-4-5-9-13(12)17-15(16)19/h1-9,14,18,20H,10H2,(H,17,19)/t14?,16-/m0/s1. The minimum atomic E-state index is -1.69. The zero-order valence-electron chi connectivity index (χ0n) is 10.8. The van der Waals surface area contributed by atoms with E-state index < -0.39 is 17.6 Å². The number of carbonyl (C=O) groups is 1. The summed E-state index contributed by atoms with van der Waals surface area (Å²) in [7, 11) is 0. The minimum absolute atomic E-state index is 0.0696. The summed E-state index contributed by atoms with van der Waals surface area (Å²) in [5.41, 5.74) is 0.101. The predicted octanol–water partition coefficient (Wildman–Crippen LogP) is 1.95. The summed E-state index contributed by atoms with van der Waals surface area (Å²) in [5, 5.41) is 23.6. The number of fused-ring (bicyclic) bond motifs is 1. The molecule has 3 N–H and O–H groups in total. The third-order valence-electron chi connectivity index (χ3n) is 3.67. The molecule has 1 aliphatic rings. The Morgan fingerprint density at radius 1 is 1.05 bits per heavy atom. The molecule has 0 aromatic heterocycles. The number of rotatable bonds is 3. The normalized spacial score (nSPS) is 22.2. The van der Waals surface area contributed by atoms with Crippen LogP contribution in [0.5, 0.6) is 0 Å². The van der Waals surface area contributed by atoms with E-state index in [9.17, 15) is 15.0 Å². The predicted molar refractivity (Wildman–Crippen MR) is 75.0 cm³/mol. The first-order chi connectivity index (χ1) is 9.61. The van der Waals surface area contributed by atoms with Crippen molar-refractivity contribution in [3.8, 4) is 0 Å². The van der Waals surface area contributed by atoms with Gasteiger partial charge in [-0.3, -0.25) is 4.79 Å². The van der Waals surface area contributed by atoms with Crippen LogP contribution in [-0.4, -0.2) is 16.1 Å². The van der Waals surface area contributed by atoms with Crippen molar-refractivity contribution in [3.63, 3.8) is 0 Å². The Labute approximate surface area is 116 Å². The highest BCUT2D eigenvalue weighted by Crippen LogP contribution is 2.41. The van der Waals surface area contributed by atoms with E-state index in [0.717, 1.165) is 0 Å². The van der Waals surface area contributed by atoms with Gasteiger partial charge in [0.25, 0.3) is 5.91 Å². The van der Waals surface area contributed by atoms with Gasteiger partial charge in [-0.2, -0.15) is 0 Å². The van der Waals surface area contributed by atoms with Gasteiger partial charge in [-0.05, 0) is 11.6 Å². The van der Waals surface area contributed by atoms with Crippen LogP contribution in [0.2, 0.25) is 0 Å². The smallest absolute Gasteiger partial charge is 0.261 e. The third kappa shape index (κ3) is 1.99. The van der Waals surface area contributed by atoms with E-state index in [1.54, 1.807) is 36.4 Å². The van der Waals surface area contributed by atoms with Crippen LogP contribution in [0.1, 0.15) is 23.7 Å². The molecule has 0 aliphatic carbocycles. The van der Waals surface area contributed by atoms with E-state index in [2.05, 4.69) is 5.32 Å². The molecule has 1 aliphatic heterocycles. The van der Waals surface area contributed by atoms with Gasteiger partial charge in [-0.25, -0.2) is 0 Å². The van der Waals surface area contributed by atoms with Crippen LogP contribution in [0, 0.1) is 0 Å². The molecule has 0 saturated heterocycles. The Morgan fingerprint density at radius 3 is 2.45 bits per heavy atom. The van der Waals surface area contributed by atoms with Gasteiger partial charge >= 0.3 is 0 Å². The highest BCUT2D eigenvalue weighted by atomic mass is 16.3. The van der Waals surface area contributed by atoms with Crippen molar-refractivity contribution in [2.24, 2.45) is 0 Å². The van der Waals surface area contributed by atoms with Crippen LogP contribution in [0.25, 0.3) is 0 Å². The van der Waals surface area contributed by atoms with Crippen LogP contribution in [-0.2, 0) is 10.4 Å². The fourth-order valence-corrected chi connectivity index (χ4v) is 2.58. The number of hydrogen-bond acceptors (Lipinski definition) is 3. The molecule has 2 atom stereocenters. The molecule has 4 heteroatoms. The number of para-hydroxylation sites is 1. The zero-order chi connectivity index (χ0) is 14.2. The Kier molecular flexibility index (Phi) is 3.04. The summed E-state index contributed by atoms with van der Waals surface area (Å²) in [6.45, 7) is 0. The Morgan fingerprint density at radius 2 is 1.70 bits per heavy atom. The monoisotopic (exact) mass is 269 g/mol. The van der Waals surface area contributed by atoms with Crippen molar-refractivity contribution in [1.82, 2.24) is 0 Å². The molecular weight excluding hydrogens is 254 g/mol. The van der Waals surface area contributed by atoms with Crippen LogP contribution in [0.4, 0.5) is 5.69 Å². The van der Waals surface area contributed by atoms with Crippen LogP contribution in [0.3, 0.4) is 0 Å². The zero-order valence-corrected chi connectivity index (χ0v) is 10.8. The maximum atomic E-state index is 12.0. The number of aliphatic hydroxyl groups is 2. The molecule has 20 heavy (non-hydrogen) atoms. The van der Waals surface area contributed by atoms with Crippen molar-refractivity contribution in [3.05, 3.63) is 65.7 Å². The first-order valence-electron chi connectivity index (χ1n) is 6.47. The van der Waals surface area contributed by atoms with Gasteiger partial charge in [-0.1, -0.05) is 48.5 Å². The van der Waals surface area contributed by atoms with Crippen molar-refractivity contribution >= 4 is 11.6 Å². The van der Waals surface area contributed by atoms with Gasteiger partial charge in [0.2, 0.25) is 0 Å². The molecular formula is C16H15NO3. The molecule has 0 fully saturated rings. The topological polar surface area (TPSA) is 69.6 Å². The molecule has 3 rings (SSSR count). The Bertz CT molecular complexity index is 641. The van der Waals surface area contributed by atoms with E-state index in [0.29, 0.717) is 16.8 Å². The lowest BCUT2D eigenvalue weighted by atomic mass is 9.87. The molecule has 0 saturated carbocycles. The van der Waals surface area contributed by atoms with Gasteiger partial charge in [-0.15, -0.1) is 0 Å².